The van der Waals surface area contributed by atoms with E-state index in [0.717, 1.165) is 23.8 Å². The van der Waals surface area contributed by atoms with Crippen molar-refractivity contribution in [1.82, 2.24) is 9.80 Å². The third-order valence-corrected chi connectivity index (χ3v) is 8.24. The number of hydrogen-bond acceptors (Lipinski definition) is 2. The van der Waals surface area contributed by atoms with E-state index in [2.05, 4.69) is 62.1 Å². The quantitative estimate of drug-likeness (QED) is 0.750. The molecule has 1 aromatic carbocycles. The molecule has 0 aromatic heterocycles. The molecule has 26 heavy (non-hydrogen) atoms. The molecule has 0 spiro atoms. The Morgan fingerprint density at radius 2 is 1.81 bits per heavy atom. The smallest absolute Gasteiger partial charge is 0.0149 e. The van der Waals surface area contributed by atoms with Crippen molar-refractivity contribution in [3.8, 4) is 0 Å². The number of hydrogen-bond donors (Lipinski definition) is 0. The first-order valence-corrected chi connectivity index (χ1v) is 10.9. The van der Waals surface area contributed by atoms with Gasteiger partial charge in [0, 0.05) is 6.04 Å². The Kier molecular flexibility index (Phi) is 5.18. The van der Waals surface area contributed by atoms with Crippen LogP contribution in [-0.2, 0) is 6.42 Å². The lowest BCUT2D eigenvalue weighted by Crippen LogP contribution is -2.49. The molecule has 0 bridgehead atoms. The number of rotatable bonds is 5. The van der Waals surface area contributed by atoms with Gasteiger partial charge in [-0.1, -0.05) is 31.2 Å². The van der Waals surface area contributed by atoms with Gasteiger partial charge in [-0.3, -0.25) is 0 Å². The van der Waals surface area contributed by atoms with E-state index in [9.17, 15) is 0 Å². The molecule has 144 valence electrons. The highest BCUT2D eigenvalue weighted by atomic mass is 15.2. The van der Waals surface area contributed by atoms with Crippen LogP contribution in [-0.4, -0.2) is 50.1 Å². The summed E-state index contributed by atoms with van der Waals surface area (Å²) in [4.78, 5) is 5.04. The minimum Gasteiger partial charge on any atom is -0.309 e. The Morgan fingerprint density at radius 1 is 1.00 bits per heavy atom. The molecular weight excluding hydrogens is 316 g/mol. The van der Waals surface area contributed by atoms with Gasteiger partial charge in [0.25, 0.3) is 0 Å². The van der Waals surface area contributed by atoms with Crippen LogP contribution in [0.25, 0.3) is 0 Å². The fourth-order valence-corrected chi connectivity index (χ4v) is 7.01. The second-order valence-corrected chi connectivity index (χ2v) is 9.89. The summed E-state index contributed by atoms with van der Waals surface area (Å²) in [6.07, 6.45) is 9.76. The zero-order chi connectivity index (χ0) is 18.3. The molecule has 0 saturated heterocycles. The topological polar surface area (TPSA) is 6.48 Å². The summed E-state index contributed by atoms with van der Waals surface area (Å²) in [5.41, 5.74) is 3.89. The van der Waals surface area contributed by atoms with Crippen molar-refractivity contribution in [3.63, 3.8) is 0 Å². The van der Waals surface area contributed by atoms with E-state index in [1.165, 1.54) is 58.0 Å². The van der Waals surface area contributed by atoms with E-state index in [-0.39, 0.29) is 0 Å². The highest BCUT2D eigenvalue weighted by molar-refractivity contribution is 5.35. The van der Waals surface area contributed by atoms with Crippen LogP contribution in [0, 0.1) is 17.3 Å². The normalized spacial score (nSPS) is 36.1. The van der Waals surface area contributed by atoms with Crippen molar-refractivity contribution in [2.24, 2.45) is 17.3 Å². The van der Waals surface area contributed by atoms with E-state index in [4.69, 9.17) is 0 Å². The molecule has 0 radical (unpaired) electrons. The van der Waals surface area contributed by atoms with Crippen molar-refractivity contribution >= 4 is 0 Å². The van der Waals surface area contributed by atoms with Crippen LogP contribution in [0.2, 0.25) is 0 Å². The average Bonchev–Trinajstić information content (AvgIpc) is 2.98. The van der Waals surface area contributed by atoms with Crippen molar-refractivity contribution in [2.45, 2.75) is 63.8 Å². The van der Waals surface area contributed by atoms with Crippen LogP contribution in [0.3, 0.4) is 0 Å². The average molecular weight is 355 g/mol. The molecule has 4 rings (SSSR count). The van der Waals surface area contributed by atoms with Crippen LogP contribution in [0.1, 0.15) is 62.5 Å². The molecule has 0 amide bonds. The van der Waals surface area contributed by atoms with Gasteiger partial charge in [0.15, 0.2) is 0 Å². The highest BCUT2D eigenvalue weighted by Crippen LogP contribution is 2.61. The summed E-state index contributed by atoms with van der Waals surface area (Å²) in [6.45, 7) is 5.11. The molecule has 5 atom stereocenters. The third kappa shape index (κ3) is 3.14. The van der Waals surface area contributed by atoms with E-state index < -0.39 is 0 Å². The van der Waals surface area contributed by atoms with Gasteiger partial charge < -0.3 is 9.80 Å². The SMILES string of the molecule is CN(C)CCCN(C)[C@H]1CC[C@H]2[C@@H]3CCc4ccccc4[C@H]3CC[C@]12C. The number of nitrogens with zero attached hydrogens (tertiary/aromatic N) is 2. The maximum absolute atomic E-state index is 2.72. The molecule has 0 heterocycles. The summed E-state index contributed by atoms with van der Waals surface area (Å²) < 4.78 is 0. The highest BCUT2D eigenvalue weighted by Gasteiger charge is 2.55. The summed E-state index contributed by atoms with van der Waals surface area (Å²) in [5.74, 6) is 2.72. The molecule has 0 aliphatic heterocycles. The molecular formula is C24H38N2. The van der Waals surface area contributed by atoms with Gasteiger partial charge >= 0.3 is 0 Å². The van der Waals surface area contributed by atoms with Gasteiger partial charge in [-0.15, -0.1) is 0 Å². The Hall–Kier alpha value is -0.860. The summed E-state index contributed by atoms with van der Waals surface area (Å²) in [5, 5.41) is 0. The van der Waals surface area contributed by atoms with Crippen LogP contribution >= 0.6 is 0 Å². The third-order valence-electron chi connectivity index (χ3n) is 8.24. The van der Waals surface area contributed by atoms with Crippen LogP contribution in [0.4, 0.5) is 0 Å². The Labute approximate surface area is 161 Å². The van der Waals surface area contributed by atoms with Crippen molar-refractivity contribution < 1.29 is 0 Å². The molecule has 2 heteroatoms. The second kappa shape index (κ2) is 7.28. The van der Waals surface area contributed by atoms with Crippen LogP contribution in [0.5, 0.6) is 0 Å². The number of fused-ring (bicyclic) bond motifs is 5. The summed E-state index contributed by atoms with van der Waals surface area (Å²) in [7, 11) is 6.78. The largest absolute Gasteiger partial charge is 0.309 e. The zero-order valence-corrected chi connectivity index (χ0v) is 17.4. The van der Waals surface area contributed by atoms with E-state index >= 15 is 0 Å². The maximum atomic E-state index is 2.72. The summed E-state index contributed by atoms with van der Waals surface area (Å²) in [6, 6.07) is 10.1. The lowest BCUT2D eigenvalue weighted by Gasteiger charge is -2.52. The lowest BCUT2D eigenvalue weighted by atomic mass is 9.55. The van der Waals surface area contributed by atoms with Gasteiger partial charge in [0.1, 0.15) is 0 Å². The molecule has 0 N–H and O–H groups in total. The predicted molar refractivity (Wildman–Crippen MR) is 111 cm³/mol. The Balaban J connectivity index is 1.48. The number of aryl methyl sites for hydroxylation is 1. The first-order valence-electron chi connectivity index (χ1n) is 10.9. The minimum atomic E-state index is 0.542. The standard InChI is InChI=1S/C24H38N2/c1-24-15-14-20-19-9-6-5-8-18(19)10-11-21(20)22(24)12-13-23(24)26(4)17-7-16-25(2)3/h5-6,8-9,20-23H,7,10-17H2,1-4H3/t20-,21-,22+,23+,24+/m1/s1. The van der Waals surface area contributed by atoms with Gasteiger partial charge in [0.05, 0.1) is 0 Å². The van der Waals surface area contributed by atoms with Gasteiger partial charge in [-0.25, -0.2) is 0 Å². The van der Waals surface area contributed by atoms with E-state index in [1.54, 1.807) is 11.1 Å². The van der Waals surface area contributed by atoms with Crippen molar-refractivity contribution in [3.05, 3.63) is 35.4 Å². The fraction of sp³-hybridized carbons (Fsp3) is 0.750. The summed E-state index contributed by atoms with van der Waals surface area (Å²) >= 11 is 0. The fourth-order valence-electron chi connectivity index (χ4n) is 7.01. The van der Waals surface area contributed by atoms with Gasteiger partial charge in [0.2, 0.25) is 0 Å². The Morgan fingerprint density at radius 3 is 2.62 bits per heavy atom. The molecule has 2 fully saturated rings. The molecule has 0 unspecified atom stereocenters. The molecule has 1 aromatic rings. The lowest BCUT2D eigenvalue weighted by molar-refractivity contribution is 0.00700. The molecule has 2 saturated carbocycles. The van der Waals surface area contributed by atoms with Gasteiger partial charge in [-0.05, 0) is 113 Å². The van der Waals surface area contributed by atoms with E-state index in [0.29, 0.717) is 5.41 Å². The first kappa shape index (κ1) is 18.5. The van der Waals surface area contributed by atoms with Crippen LogP contribution in [0.15, 0.2) is 24.3 Å². The first-order chi connectivity index (χ1) is 12.5. The molecule has 2 nitrogen and oxygen atoms in total. The minimum absolute atomic E-state index is 0.542. The Bertz CT molecular complexity index is 624. The van der Waals surface area contributed by atoms with Crippen LogP contribution < -0.4 is 0 Å². The monoisotopic (exact) mass is 354 g/mol. The zero-order valence-electron chi connectivity index (χ0n) is 17.4. The van der Waals surface area contributed by atoms with E-state index in [1.807, 2.05) is 0 Å². The predicted octanol–water partition coefficient (Wildman–Crippen LogP) is 4.79. The van der Waals surface area contributed by atoms with Gasteiger partial charge in [-0.2, -0.15) is 0 Å². The number of benzene rings is 1. The molecule has 3 aliphatic rings. The second-order valence-electron chi connectivity index (χ2n) is 9.89. The maximum Gasteiger partial charge on any atom is 0.0149 e. The molecule has 3 aliphatic carbocycles. The van der Waals surface area contributed by atoms with Crippen molar-refractivity contribution in [1.29, 1.82) is 0 Å². The van der Waals surface area contributed by atoms with Crippen molar-refractivity contribution in [2.75, 3.05) is 34.2 Å².